The minimum atomic E-state index is -5.28. The molecule has 1 heterocycles. The topological polar surface area (TPSA) is 63.7 Å². The molecule has 0 radical (unpaired) electrons. The second-order valence-corrected chi connectivity index (χ2v) is 8.58. The van der Waals surface area contributed by atoms with Crippen molar-refractivity contribution >= 4 is 32.8 Å². The lowest BCUT2D eigenvalue weighted by molar-refractivity contribution is 0.115. The Kier molecular flexibility index (Phi) is 5.29. The highest BCUT2D eigenvalue weighted by Crippen LogP contribution is 2.35. The van der Waals surface area contributed by atoms with Crippen LogP contribution < -0.4 is 4.31 Å². The van der Waals surface area contributed by atoms with Crippen LogP contribution in [0.4, 0.5) is 13.7 Å². The smallest absolute Gasteiger partial charge is 0.431 e. The number of carbonyl (C=O) groups excluding carboxylic acids is 1. The number of hydrogen-bond donors (Lipinski definition) is 0. The summed E-state index contributed by atoms with van der Waals surface area (Å²) in [7, 11) is -5.28. The number of carbonyl (C=O) groups is 1. The Bertz CT molecular complexity index is 810. The number of rotatable bonds is 4. The van der Waals surface area contributed by atoms with E-state index in [1.54, 1.807) is 6.07 Å². The van der Waals surface area contributed by atoms with E-state index in [-0.39, 0.29) is 21.3 Å². The second-order valence-electron chi connectivity index (χ2n) is 6.33. The Morgan fingerprint density at radius 2 is 1.79 bits per heavy atom. The first-order valence-corrected chi connectivity index (χ1v) is 9.30. The van der Waals surface area contributed by atoms with Crippen molar-refractivity contribution in [2.45, 2.75) is 20.8 Å². The van der Waals surface area contributed by atoms with Crippen molar-refractivity contribution in [1.82, 2.24) is 0 Å². The van der Waals surface area contributed by atoms with Gasteiger partial charge in [-0.3, -0.25) is 0 Å². The van der Waals surface area contributed by atoms with Crippen LogP contribution in [0.2, 0.25) is 0 Å². The fraction of sp³-hybridized carbons (Fsp3) is 0.312. The molecule has 0 aliphatic rings. The van der Waals surface area contributed by atoms with E-state index in [9.17, 15) is 17.1 Å². The minimum absolute atomic E-state index is 0.0330. The standard InChI is InChI=1S/C16H18FNO4S2/c1-16(2,3)11-22-15(19)18(24(17,20)21)14-10-9-13(23-14)12-7-5-4-6-8-12/h4-10H,11H2,1-3H3. The number of halogens is 1. The minimum Gasteiger partial charge on any atom is -0.448 e. The lowest BCUT2D eigenvalue weighted by Gasteiger charge is -2.21. The Morgan fingerprint density at radius 3 is 2.33 bits per heavy atom. The first-order chi connectivity index (χ1) is 11.1. The summed E-state index contributed by atoms with van der Waals surface area (Å²) in [5, 5.41) is -0.0599. The van der Waals surface area contributed by atoms with Crippen LogP contribution in [0.1, 0.15) is 20.8 Å². The molecule has 0 saturated carbocycles. The van der Waals surface area contributed by atoms with E-state index in [0.29, 0.717) is 4.88 Å². The van der Waals surface area contributed by atoms with Crippen LogP contribution in [0.15, 0.2) is 42.5 Å². The fourth-order valence-electron chi connectivity index (χ4n) is 1.82. The number of benzene rings is 1. The molecule has 1 aromatic carbocycles. The third-order valence-electron chi connectivity index (χ3n) is 2.86. The molecular formula is C16H18FNO4S2. The van der Waals surface area contributed by atoms with Crippen molar-refractivity contribution in [2.24, 2.45) is 5.41 Å². The summed E-state index contributed by atoms with van der Waals surface area (Å²) >= 11 is 0.989. The average molecular weight is 371 g/mol. The summed E-state index contributed by atoms with van der Waals surface area (Å²) < 4.78 is 41.4. The normalized spacial score (nSPS) is 12.0. The van der Waals surface area contributed by atoms with Gasteiger partial charge in [-0.15, -0.1) is 15.6 Å². The molecule has 0 atom stereocenters. The number of anilines is 1. The van der Waals surface area contributed by atoms with Crippen LogP contribution in [-0.2, 0) is 15.1 Å². The van der Waals surface area contributed by atoms with Crippen LogP contribution in [0.25, 0.3) is 10.4 Å². The van der Waals surface area contributed by atoms with Gasteiger partial charge in [0.25, 0.3) is 0 Å². The summed E-state index contributed by atoms with van der Waals surface area (Å²) in [4.78, 5) is 12.8. The molecule has 2 rings (SSSR count). The monoisotopic (exact) mass is 371 g/mol. The van der Waals surface area contributed by atoms with Gasteiger partial charge in [0.1, 0.15) is 5.00 Å². The number of thiophene rings is 1. The quantitative estimate of drug-likeness (QED) is 0.736. The lowest BCUT2D eigenvalue weighted by Crippen LogP contribution is -2.35. The van der Waals surface area contributed by atoms with Gasteiger partial charge in [0.2, 0.25) is 0 Å². The van der Waals surface area contributed by atoms with Crippen molar-refractivity contribution in [2.75, 3.05) is 10.9 Å². The maximum Gasteiger partial charge on any atom is 0.431 e. The van der Waals surface area contributed by atoms with Gasteiger partial charge in [0.05, 0.1) is 6.61 Å². The summed E-state index contributed by atoms with van der Waals surface area (Å²) in [6.07, 6.45) is -1.26. The Labute approximate surface area is 145 Å². The summed E-state index contributed by atoms with van der Waals surface area (Å²) in [5.41, 5.74) is 0.472. The SMILES string of the molecule is CC(C)(C)COC(=O)N(c1ccc(-c2ccccc2)s1)S(=O)(=O)F. The zero-order valence-corrected chi connectivity index (χ0v) is 15.2. The van der Waals surface area contributed by atoms with E-state index in [2.05, 4.69) is 0 Å². The van der Waals surface area contributed by atoms with E-state index in [0.717, 1.165) is 16.9 Å². The zero-order valence-electron chi connectivity index (χ0n) is 13.5. The van der Waals surface area contributed by atoms with Gasteiger partial charge in [0, 0.05) is 4.88 Å². The van der Waals surface area contributed by atoms with Gasteiger partial charge in [-0.25, -0.2) is 4.79 Å². The molecule has 0 spiro atoms. The van der Waals surface area contributed by atoms with E-state index >= 15 is 0 Å². The maximum absolute atomic E-state index is 13.6. The maximum atomic E-state index is 13.6. The predicted molar refractivity (Wildman–Crippen MR) is 93.1 cm³/mol. The highest BCUT2D eigenvalue weighted by atomic mass is 32.3. The van der Waals surface area contributed by atoms with Crippen molar-refractivity contribution in [3.05, 3.63) is 42.5 Å². The third-order valence-corrected chi connectivity index (χ3v) is 4.88. The van der Waals surface area contributed by atoms with Gasteiger partial charge in [0.15, 0.2) is 0 Å². The third kappa shape index (κ3) is 4.78. The van der Waals surface area contributed by atoms with Gasteiger partial charge in [-0.05, 0) is 23.1 Å². The molecule has 130 valence electrons. The molecule has 0 unspecified atom stereocenters. The second kappa shape index (κ2) is 6.90. The van der Waals surface area contributed by atoms with E-state index in [1.807, 2.05) is 51.1 Å². The molecule has 8 heteroatoms. The zero-order chi connectivity index (χ0) is 18.0. The van der Waals surface area contributed by atoms with E-state index in [4.69, 9.17) is 4.74 Å². The van der Waals surface area contributed by atoms with Crippen molar-refractivity contribution < 1.29 is 21.8 Å². The Hall–Kier alpha value is -1.93. The molecule has 24 heavy (non-hydrogen) atoms. The predicted octanol–water partition coefficient (Wildman–Crippen LogP) is 4.62. The molecule has 0 bridgehead atoms. The van der Waals surface area contributed by atoms with Crippen molar-refractivity contribution in [3.8, 4) is 10.4 Å². The molecule has 1 amide bonds. The molecule has 1 aromatic heterocycles. The largest absolute Gasteiger partial charge is 0.448 e. The lowest BCUT2D eigenvalue weighted by atomic mass is 9.99. The van der Waals surface area contributed by atoms with Crippen LogP contribution in [0.5, 0.6) is 0 Å². The number of ether oxygens (including phenoxy) is 1. The average Bonchev–Trinajstić information content (AvgIpc) is 2.93. The van der Waals surface area contributed by atoms with Crippen LogP contribution in [0, 0.1) is 5.41 Å². The molecular weight excluding hydrogens is 353 g/mol. The van der Waals surface area contributed by atoms with E-state index in [1.165, 1.54) is 6.07 Å². The van der Waals surface area contributed by atoms with Gasteiger partial charge in [-0.1, -0.05) is 55.0 Å². The summed E-state index contributed by atoms with van der Waals surface area (Å²) in [5.74, 6) is 0. The Balaban J connectivity index is 2.30. The van der Waals surface area contributed by atoms with Crippen LogP contribution >= 0.6 is 11.3 Å². The molecule has 2 aromatic rings. The van der Waals surface area contributed by atoms with Crippen molar-refractivity contribution in [1.29, 1.82) is 0 Å². The van der Waals surface area contributed by atoms with Crippen molar-refractivity contribution in [3.63, 3.8) is 0 Å². The number of amides is 1. The number of nitrogens with zero attached hydrogens (tertiary/aromatic N) is 1. The first-order valence-electron chi connectivity index (χ1n) is 7.15. The first kappa shape index (κ1) is 18.4. The molecule has 5 nitrogen and oxygen atoms in total. The molecule has 0 fully saturated rings. The Morgan fingerprint density at radius 1 is 1.17 bits per heavy atom. The summed E-state index contributed by atoms with van der Waals surface area (Å²) in [6, 6.07) is 12.2. The highest BCUT2D eigenvalue weighted by Gasteiger charge is 2.33. The molecule has 0 N–H and O–H groups in total. The fourth-order valence-corrected chi connectivity index (χ4v) is 3.61. The molecule has 0 aliphatic carbocycles. The highest BCUT2D eigenvalue weighted by molar-refractivity contribution is 7.88. The van der Waals surface area contributed by atoms with E-state index < -0.39 is 16.5 Å². The molecule has 0 saturated heterocycles. The molecule has 0 aliphatic heterocycles. The van der Waals surface area contributed by atoms with Gasteiger partial charge in [-0.2, -0.15) is 8.42 Å². The van der Waals surface area contributed by atoms with Crippen LogP contribution in [-0.4, -0.2) is 21.1 Å². The number of hydrogen-bond acceptors (Lipinski definition) is 5. The van der Waals surface area contributed by atoms with Crippen LogP contribution in [0.3, 0.4) is 0 Å². The van der Waals surface area contributed by atoms with Gasteiger partial charge >= 0.3 is 16.5 Å². The van der Waals surface area contributed by atoms with Gasteiger partial charge < -0.3 is 4.74 Å². The summed E-state index contributed by atoms with van der Waals surface area (Å²) in [6.45, 7) is 5.41.